The van der Waals surface area contributed by atoms with Crippen LogP contribution in [0.1, 0.15) is 41.1 Å². The highest BCUT2D eigenvalue weighted by molar-refractivity contribution is 7.17. The fourth-order valence-corrected chi connectivity index (χ4v) is 4.81. The van der Waals surface area contributed by atoms with Crippen LogP contribution in [0.4, 0.5) is 10.7 Å². The lowest BCUT2D eigenvalue weighted by atomic mass is 9.88. The van der Waals surface area contributed by atoms with Gasteiger partial charge in [-0.15, -0.1) is 11.3 Å². The Hall–Kier alpha value is -2.54. The molecule has 0 aliphatic heterocycles. The average molecular weight is 403 g/mol. The first kappa shape index (κ1) is 20.2. The first-order valence-corrected chi connectivity index (χ1v) is 10.3. The van der Waals surface area contributed by atoms with Gasteiger partial charge in [-0.1, -0.05) is 19.1 Å². The lowest BCUT2D eigenvalue weighted by Gasteiger charge is -2.18. The minimum atomic E-state index is -0.359. The number of benzene rings is 1. The van der Waals surface area contributed by atoms with Crippen LogP contribution in [-0.4, -0.2) is 32.1 Å². The smallest absolute Gasteiger partial charge is 0.341 e. The first-order chi connectivity index (χ1) is 13.5. The van der Waals surface area contributed by atoms with Gasteiger partial charge in [-0.25, -0.2) is 4.79 Å². The third-order valence-corrected chi connectivity index (χ3v) is 5.96. The molecule has 1 amide bonds. The molecule has 0 spiro atoms. The van der Waals surface area contributed by atoms with Crippen molar-refractivity contribution in [1.29, 1.82) is 0 Å². The number of thiophene rings is 1. The van der Waals surface area contributed by atoms with Crippen molar-refractivity contribution in [2.24, 2.45) is 5.92 Å². The molecule has 1 aromatic heterocycles. The molecule has 28 heavy (non-hydrogen) atoms. The Morgan fingerprint density at radius 2 is 2.07 bits per heavy atom. The lowest BCUT2D eigenvalue weighted by Crippen LogP contribution is -2.23. The van der Waals surface area contributed by atoms with Crippen molar-refractivity contribution in [2.75, 3.05) is 30.9 Å². The molecule has 3 rings (SSSR count). The van der Waals surface area contributed by atoms with Crippen LogP contribution in [0.2, 0.25) is 0 Å². The number of rotatable bonds is 7. The van der Waals surface area contributed by atoms with E-state index >= 15 is 0 Å². The number of anilines is 2. The van der Waals surface area contributed by atoms with E-state index in [1.807, 2.05) is 24.3 Å². The number of esters is 1. The molecule has 7 heteroatoms. The molecular weight excluding hydrogens is 376 g/mol. The summed E-state index contributed by atoms with van der Waals surface area (Å²) in [6.45, 7) is 4.38. The maximum absolute atomic E-state index is 12.5. The highest BCUT2D eigenvalue weighted by Gasteiger charge is 2.29. The minimum absolute atomic E-state index is 0.0710. The molecular formula is C21H26N2O4S. The minimum Gasteiger partial charge on any atom is -0.495 e. The number of fused-ring (bicyclic) bond motifs is 1. The Kier molecular flexibility index (Phi) is 6.57. The zero-order valence-electron chi connectivity index (χ0n) is 16.5. The van der Waals surface area contributed by atoms with Gasteiger partial charge >= 0.3 is 5.97 Å². The second-order valence-corrected chi connectivity index (χ2v) is 7.98. The predicted molar refractivity (Wildman–Crippen MR) is 112 cm³/mol. The van der Waals surface area contributed by atoms with Crippen LogP contribution in [0, 0.1) is 5.92 Å². The summed E-state index contributed by atoms with van der Waals surface area (Å²) < 4.78 is 10.5. The molecule has 1 heterocycles. The zero-order valence-corrected chi connectivity index (χ0v) is 17.3. The second-order valence-electron chi connectivity index (χ2n) is 6.88. The maximum atomic E-state index is 12.5. The number of methoxy groups -OCH3 is 1. The average Bonchev–Trinajstić information content (AvgIpc) is 3.03. The van der Waals surface area contributed by atoms with Crippen LogP contribution in [0.15, 0.2) is 24.3 Å². The summed E-state index contributed by atoms with van der Waals surface area (Å²) >= 11 is 1.49. The molecule has 0 fully saturated rings. The zero-order chi connectivity index (χ0) is 20.1. The van der Waals surface area contributed by atoms with E-state index in [4.69, 9.17) is 9.47 Å². The van der Waals surface area contributed by atoms with Gasteiger partial charge in [0.1, 0.15) is 10.8 Å². The topological polar surface area (TPSA) is 76.7 Å². The molecule has 2 aromatic rings. The van der Waals surface area contributed by atoms with E-state index in [-0.39, 0.29) is 18.4 Å². The molecule has 0 bridgehead atoms. The number of hydrogen-bond acceptors (Lipinski definition) is 6. The van der Waals surface area contributed by atoms with Crippen LogP contribution in [-0.2, 0) is 22.4 Å². The molecule has 150 valence electrons. The summed E-state index contributed by atoms with van der Waals surface area (Å²) in [4.78, 5) is 26.2. The molecule has 0 saturated heterocycles. The number of hydrogen-bond donors (Lipinski definition) is 2. The molecule has 1 atom stereocenters. The van der Waals surface area contributed by atoms with Gasteiger partial charge in [0, 0.05) is 4.88 Å². The van der Waals surface area contributed by atoms with Gasteiger partial charge in [0.05, 0.1) is 31.5 Å². The second kappa shape index (κ2) is 9.10. The highest BCUT2D eigenvalue weighted by Crippen LogP contribution is 2.40. The van der Waals surface area contributed by atoms with Crippen molar-refractivity contribution in [1.82, 2.24) is 0 Å². The first-order valence-electron chi connectivity index (χ1n) is 9.51. The molecule has 0 unspecified atom stereocenters. The van der Waals surface area contributed by atoms with Gasteiger partial charge < -0.3 is 20.1 Å². The van der Waals surface area contributed by atoms with E-state index in [1.165, 1.54) is 16.2 Å². The van der Waals surface area contributed by atoms with Crippen LogP contribution in [0.3, 0.4) is 0 Å². The Morgan fingerprint density at radius 1 is 1.29 bits per heavy atom. The molecule has 1 aliphatic rings. The number of nitrogens with one attached hydrogen (secondary N) is 2. The summed E-state index contributed by atoms with van der Waals surface area (Å²) in [5, 5.41) is 6.57. The molecule has 0 radical (unpaired) electrons. The fraction of sp³-hybridized carbons (Fsp3) is 0.429. The van der Waals surface area contributed by atoms with Gasteiger partial charge in [-0.2, -0.15) is 0 Å². The molecule has 1 aliphatic carbocycles. The summed E-state index contributed by atoms with van der Waals surface area (Å²) in [7, 11) is 1.59. The van der Waals surface area contributed by atoms with E-state index in [1.54, 1.807) is 14.0 Å². The van der Waals surface area contributed by atoms with Crippen LogP contribution < -0.4 is 15.4 Å². The SMILES string of the molecule is CCOC(=O)c1c(NC(=O)CNc2ccccc2OC)sc2c1CC[C@H](C)C2. The third kappa shape index (κ3) is 4.47. The van der Waals surface area contributed by atoms with Crippen molar-refractivity contribution in [2.45, 2.75) is 33.1 Å². The summed E-state index contributed by atoms with van der Waals surface area (Å²) in [5.74, 6) is 0.672. The fourth-order valence-electron chi connectivity index (χ4n) is 3.40. The summed E-state index contributed by atoms with van der Waals surface area (Å²) in [6, 6.07) is 7.41. The van der Waals surface area contributed by atoms with E-state index in [0.29, 0.717) is 28.8 Å². The largest absolute Gasteiger partial charge is 0.495 e. The molecule has 0 saturated carbocycles. The maximum Gasteiger partial charge on any atom is 0.341 e. The Balaban J connectivity index is 1.75. The summed E-state index contributed by atoms with van der Waals surface area (Å²) in [5.41, 5.74) is 2.30. The number of ether oxygens (including phenoxy) is 2. The van der Waals surface area contributed by atoms with Crippen molar-refractivity contribution < 1.29 is 19.1 Å². The van der Waals surface area contributed by atoms with E-state index in [2.05, 4.69) is 17.6 Å². The van der Waals surface area contributed by atoms with Crippen molar-refractivity contribution >= 4 is 33.9 Å². The van der Waals surface area contributed by atoms with E-state index in [0.717, 1.165) is 30.5 Å². The van der Waals surface area contributed by atoms with Gasteiger partial charge in [-0.3, -0.25) is 4.79 Å². The van der Waals surface area contributed by atoms with E-state index < -0.39 is 0 Å². The number of carbonyl (C=O) groups is 2. The summed E-state index contributed by atoms with van der Waals surface area (Å²) in [6.07, 6.45) is 2.82. The highest BCUT2D eigenvalue weighted by atomic mass is 32.1. The monoisotopic (exact) mass is 402 g/mol. The number of carbonyl (C=O) groups excluding carboxylic acids is 2. The number of para-hydroxylation sites is 2. The molecule has 1 aromatic carbocycles. The predicted octanol–water partition coefficient (Wildman–Crippen LogP) is 4.11. The third-order valence-electron chi connectivity index (χ3n) is 4.79. The van der Waals surface area contributed by atoms with E-state index in [9.17, 15) is 9.59 Å². The van der Waals surface area contributed by atoms with Crippen molar-refractivity contribution in [3.05, 3.63) is 40.3 Å². The lowest BCUT2D eigenvalue weighted by molar-refractivity contribution is -0.114. The van der Waals surface area contributed by atoms with Gasteiger partial charge in [0.25, 0.3) is 0 Å². The van der Waals surface area contributed by atoms with Gasteiger partial charge in [0.2, 0.25) is 5.91 Å². The Bertz CT molecular complexity index is 862. The molecule has 6 nitrogen and oxygen atoms in total. The number of amides is 1. The quantitative estimate of drug-likeness (QED) is 0.682. The normalized spacial score (nSPS) is 15.5. The standard InChI is InChI=1S/C21H26N2O4S/c1-4-27-21(25)19-14-10-9-13(2)11-17(14)28-20(19)23-18(24)12-22-15-7-5-6-8-16(15)26-3/h5-8,13,22H,4,9-12H2,1-3H3,(H,23,24)/t13-/m0/s1. The Morgan fingerprint density at radius 3 is 2.82 bits per heavy atom. The van der Waals surface area contributed by atoms with Crippen molar-refractivity contribution in [3.63, 3.8) is 0 Å². The molecule has 2 N–H and O–H groups in total. The van der Waals surface area contributed by atoms with Crippen molar-refractivity contribution in [3.8, 4) is 5.75 Å². The van der Waals surface area contributed by atoms with Crippen LogP contribution in [0.25, 0.3) is 0 Å². The van der Waals surface area contributed by atoms with Gasteiger partial charge in [0.15, 0.2) is 0 Å². The van der Waals surface area contributed by atoms with Gasteiger partial charge in [-0.05, 0) is 49.8 Å². The Labute approximate surface area is 169 Å². The van der Waals surface area contributed by atoms with Crippen LogP contribution >= 0.6 is 11.3 Å². The van der Waals surface area contributed by atoms with Crippen LogP contribution in [0.5, 0.6) is 5.75 Å².